The second kappa shape index (κ2) is 9.71. The van der Waals surface area contributed by atoms with Crippen molar-refractivity contribution in [3.8, 4) is 10.6 Å². The van der Waals surface area contributed by atoms with E-state index >= 15 is 0 Å². The average molecular weight is 415 g/mol. The lowest BCUT2D eigenvalue weighted by Gasteiger charge is -2.12. The normalized spacial score (nSPS) is 11.6. The summed E-state index contributed by atoms with van der Waals surface area (Å²) >= 11 is 7.74. The third kappa shape index (κ3) is 5.12. The molecule has 0 aliphatic rings. The predicted molar refractivity (Wildman–Crippen MR) is 116 cm³/mol. The van der Waals surface area contributed by atoms with Gasteiger partial charge in [0.15, 0.2) is 11.5 Å². The minimum Gasteiger partial charge on any atom is -0.355 e. The molecule has 0 saturated carbocycles. The fourth-order valence-corrected chi connectivity index (χ4v) is 3.77. The Labute approximate surface area is 174 Å². The number of halogens is 1. The number of nitrogens with zero attached hydrogens (tertiary/aromatic N) is 1. The highest BCUT2D eigenvalue weighted by Gasteiger charge is 2.14. The minimum absolute atomic E-state index is 0.232. The van der Waals surface area contributed by atoms with Crippen molar-refractivity contribution in [2.75, 3.05) is 6.54 Å². The fourth-order valence-electron chi connectivity index (χ4n) is 2.92. The molecule has 0 fully saturated rings. The zero-order valence-corrected chi connectivity index (χ0v) is 17.6. The van der Waals surface area contributed by atoms with Crippen LogP contribution in [-0.4, -0.2) is 17.6 Å². The molecule has 3 rings (SSSR count). The number of benzene rings is 1. The molecule has 4 nitrogen and oxygen atoms in total. The quantitative estimate of drug-likeness (QED) is 0.466. The van der Waals surface area contributed by atoms with Crippen molar-refractivity contribution in [1.29, 1.82) is 0 Å². The topological polar surface area (TPSA) is 55.1 Å². The van der Waals surface area contributed by atoms with Crippen LogP contribution in [0, 0.1) is 6.92 Å². The zero-order chi connectivity index (χ0) is 19.9. The number of rotatable bonds is 8. The molecule has 0 aliphatic heterocycles. The number of thiophene rings is 1. The number of amides is 1. The highest BCUT2D eigenvalue weighted by atomic mass is 35.5. The lowest BCUT2D eigenvalue weighted by atomic mass is 9.96. The van der Waals surface area contributed by atoms with Crippen LogP contribution in [0.5, 0.6) is 0 Å². The highest BCUT2D eigenvalue weighted by molar-refractivity contribution is 7.13. The van der Waals surface area contributed by atoms with E-state index in [1.165, 1.54) is 11.1 Å². The van der Waals surface area contributed by atoms with Crippen LogP contribution < -0.4 is 5.32 Å². The minimum atomic E-state index is -0.232. The Hall–Kier alpha value is -2.37. The molecule has 0 radical (unpaired) electrons. The molecule has 28 heavy (non-hydrogen) atoms. The lowest BCUT2D eigenvalue weighted by Crippen LogP contribution is -2.24. The number of carbonyl (C=O) groups is 1. The summed E-state index contributed by atoms with van der Waals surface area (Å²) in [6.07, 6.45) is 5.01. The maximum atomic E-state index is 12.4. The van der Waals surface area contributed by atoms with Gasteiger partial charge in [-0.15, -0.1) is 11.3 Å². The SMILES string of the molecule is CCC/C=C(/CCNC(=O)c1cc(-c2cccs2)on1)c1cc(Cl)ccc1C. The Morgan fingerprint density at radius 1 is 1.32 bits per heavy atom. The van der Waals surface area contributed by atoms with Crippen LogP contribution in [0.15, 0.2) is 52.4 Å². The van der Waals surface area contributed by atoms with Crippen molar-refractivity contribution in [2.24, 2.45) is 0 Å². The summed E-state index contributed by atoms with van der Waals surface area (Å²) in [5.74, 6) is 0.377. The number of aromatic nitrogens is 1. The molecule has 0 saturated heterocycles. The Morgan fingerprint density at radius 3 is 2.93 bits per heavy atom. The first-order valence-corrected chi connectivity index (χ1v) is 10.6. The lowest BCUT2D eigenvalue weighted by molar-refractivity contribution is 0.0945. The summed E-state index contributed by atoms with van der Waals surface area (Å²) in [4.78, 5) is 13.4. The first kappa shape index (κ1) is 20.4. The van der Waals surface area contributed by atoms with Crippen molar-refractivity contribution in [2.45, 2.75) is 33.1 Å². The summed E-state index contributed by atoms with van der Waals surface area (Å²) in [5, 5.41) is 9.50. The summed E-state index contributed by atoms with van der Waals surface area (Å²) < 4.78 is 5.28. The van der Waals surface area contributed by atoms with Crippen LogP contribution in [0.25, 0.3) is 16.2 Å². The molecule has 1 N–H and O–H groups in total. The van der Waals surface area contributed by atoms with E-state index < -0.39 is 0 Å². The number of carbonyl (C=O) groups excluding carboxylic acids is 1. The third-order valence-electron chi connectivity index (χ3n) is 4.41. The molecule has 0 spiro atoms. The molecule has 0 bridgehead atoms. The van der Waals surface area contributed by atoms with Crippen molar-refractivity contribution in [1.82, 2.24) is 10.5 Å². The van der Waals surface area contributed by atoms with E-state index in [0.717, 1.165) is 34.7 Å². The van der Waals surface area contributed by atoms with Gasteiger partial charge in [-0.2, -0.15) is 0 Å². The largest absolute Gasteiger partial charge is 0.355 e. The Balaban J connectivity index is 1.64. The van der Waals surface area contributed by atoms with E-state index in [-0.39, 0.29) is 5.91 Å². The Morgan fingerprint density at radius 2 is 2.18 bits per heavy atom. The van der Waals surface area contributed by atoms with Crippen molar-refractivity contribution in [3.05, 3.63) is 69.7 Å². The van der Waals surface area contributed by atoms with Crippen LogP contribution in [0.3, 0.4) is 0 Å². The number of nitrogens with one attached hydrogen (secondary N) is 1. The average Bonchev–Trinajstić information content (AvgIpc) is 3.38. The molecular formula is C22H23ClN2O2S. The van der Waals surface area contributed by atoms with Gasteiger partial charge < -0.3 is 9.84 Å². The van der Waals surface area contributed by atoms with Gasteiger partial charge >= 0.3 is 0 Å². The smallest absolute Gasteiger partial charge is 0.273 e. The van der Waals surface area contributed by atoms with Crippen LogP contribution in [0.4, 0.5) is 0 Å². The number of allylic oxidation sites excluding steroid dienone is 1. The molecule has 6 heteroatoms. The maximum absolute atomic E-state index is 12.4. The van der Waals surface area contributed by atoms with E-state index in [4.69, 9.17) is 16.1 Å². The van der Waals surface area contributed by atoms with Crippen molar-refractivity contribution in [3.63, 3.8) is 0 Å². The molecule has 0 unspecified atom stereocenters. The van der Waals surface area contributed by atoms with E-state index in [1.54, 1.807) is 17.4 Å². The summed E-state index contributed by atoms with van der Waals surface area (Å²) in [6.45, 7) is 4.74. The highest BCUT2D eigenvalue weighted by Crippen LogP contribution is 2.27. The molecule has 0 aliphatic carbocycles. The van der Waals surface area contributed by atoms with Gasteiger partial charge in [0.2, 0.25) is 0 Å². The number of unbranched alkanes of at least 4 members (excludes halogenated alkanes) is 1. The number of hydrogen-bond donors (Lipinski definition) is 1. The van der Waals surface area contributed by atoms with Gasteiger partial charge in [-0.1, -0.05) is 48.3 Å². The van der Waals surface area contributed by atoms with Crippen LogP contribution >= 0.6 is 22.9 Å². The molecular weight excluding hydrogens is 392 g/mol. The zero-order valence-electron chi connectivity index (χ0n) is 16.0. The van der Waals surface area contributed by atoms with Gasteiger partial charge in [-0.25, -0.2) is 0 Å². The number of aryl methyl sites for hydroxylation is 1. The van der Waals surface area contributed by atoms with E-state index in [0.29, 0.717) is 18.0 Å². The van der Waals surface area contributed by atoms with Gasteiger partial charge in [0.05, 0.1) is 4.88 Å². The summed E-state index contributed by atoms with van der Waals surface area (Å²) in [7, 11) is 0. The van der Waals surface area contributed by atoms with E-state index in [1.807, 2.05) is 35.7 Å². The van der Waals surface area contributed by atoms with Gasteiger partial charge in [0.1, 0.15) is 0 Å². The molecule has 1 amide bonds. The van der Waals surface area contributed by atoms with Crippen molar-refractivity contribution >= 4 is 34.4 Å². The second-order valence-corrected chi connectivity index (χ2v) is 7.92. The predicted octanol–water partition coefficient (Wildman–Crippen LogP) is 6.37. The number of hydrogen-bond acceptors (Lipinski definition) is 4. The molecule has 2 heterocycles. The van der Waals surface area contributed by atoms with Crippen LogP contribution in [-0.2, 0) is 0 Å². The van der Waals surface area contributed by atoms with Crippen LogP contribution in [0.1, 0.15) is 47.8 Å². The van der Waals surface area contributed by atoms with Crippen LogP contribution in [0.2, 0.25) is 5.02 Å². The van der Waals surface area contributed by atoms with E-state index in [9.17, 15) is 4.79 Å². The van der Waals surface area contributed by atoms with Gasteiger partial charge in [0.25, 0.3) is 5.91 Å². The Kier molecular flexibility index (Phi) is 7.06. The van der Waals surface area contributed by atoms with Gasteiger partial charge in [-0.3, -0.25) is 4.79 Å². The standard InChI is InChI=1S/C22H23ClN2O2S/c1-3-4-6-16(18-13-17(23)9-8-15(18)2)10-11-24-22(26)19-14-20(27-25-19)21-7-5-12-28-21/h5-9,12-14H,3-4,10-11H2,1-2H3,(H,24,26)/b16-6-. The molecule has 1 aromatic carbocycles. The first-order chi connectivity index (χ1) is 13.6. The maximum Gasteiger partial charge on any atom is 0.273 e. The van der Waals surface area contributed by atoms with E-state index in [2.05, 4.69) is 30.4 Å². The Bertz CT molecular complexity index is 961. The summed E-state index contributed by atoms with van der Waals surface area (Å²) in [6, 6.07) is 11.5. The van der Waals surface area contributed by atoms with Gasteiger partial charge in [-0.05, 0) is 60.0 Å². The second-order valence-electron chi connectivity index (χ2n) is 6.54. The fraction of sp³-hybridized carbons (Fsp3) is 0.273. The third-order valence-corrected chi connectivity index (χ3v) is 5.53. The molecule has 0 atom stereocenters. The van der Waals surface area contributed by atoms with Crippen molar-refractivity contribution < 1.29 is 9.32 Å². The first-order valence-electron chi connectivity index (χ1n) is 9.33. The molecule has 3 aromatic rings. The molecule has 2 aromatic heterocycles. The molecule has 146 valence electrons. The summed E-state index contributed by atoms with van der Waals surface area (Å²) in [5.41, 5.74) is 3.80. The van der Waals surface area contributed by atoms with Gasteiger partial charge in [0, 0.05) is 17.6 Å². The monoisotopic (exact) mass is 414 g/mol.